The van der Waals surface area contributed by atoms with E-state index < -0.39 is 0 Å². The van der Waals surface area contributed by atoms with Crippen molar-refractivity contribution in [1.82, 2.24) is 0 Å². The monoisotopic (exact) mass is 336 g/mol. The summed E-state index contributed by atoms with van der Waals surface area (Å²) in [7, 11) is 1.56. The van der Waals surface area contributed by atoms with Crippen LogP contribution >= 0.6 is 0 Å². The van der Waals surface area contributed by atoms with Crippen molar-refractivity contribution >= 4 is 17.2 Å². The number of ether oxygens (including phenoxy) is 1. The Bertz CT molecular complexity index is 865. The Hall–Kier alpha value is -2.95. The Morgan fingerprint density at radius 2 is 1.84 bits per heavy atom. The molecule has 0 fully saturated rings. The Morgan fingerprint density at radius 3 is 2.48 bits per heavy atom. The summed E-state index contributed by atoms with van der Waals surface area (Å²) in [6.07, 6.45) is 0.766. The fourth-order valence-electron chi connectivity index (χ4n) is 3.03. The lowest BCUT2D eigenvalue weighted by atomic mass is 9.84. The molecule has 1 aliphatic heterocycles. The lowest BCUT2D eigenvalue weighted by Gasteiger charge is -2.28. The number of aliphatic imine (C=N–C) groups is 1. The Balaban J connectivity index is 2.05. The third kappa shape index (κ3) is 3.31. The number of carbonyl (C=O) groups excluding carboxylic acids is 1. The Kier molecular flexibility index (Phi) is 4.40. The minimum atomic E-state index is -0.378. The van der Waals surface area contributed by atoms with E-state index in [1.54, 1.807) is 31.4 Å². The van der Waals surface area contributed by atoms with Gasteiger partial charge in [-0.1, -0.05) is 29.4 Å². The highest BCUT2D eigenvalue weighted by molar-refractivity contribution is 6.73. The van der Waals surface area contributed by atoms with Gasteiger partial charge in [-0.2, -0.15) is 0 Å². The van der Waals surface area contributed by atoms with E-state index in [4.69, 9.17) is 4.74 Å². The zero-order valence-electron chi connectivity index (χ0n) is 14.5. The lowest BCUT2D eigenvalue weighted by molar-refractivity contribution is 0.106. The van der Waals surface area contributed by atoms with E-state index in [1.165, 1.54) is 0 Å². The molecule has 25 heavy (non-hydrogen) atoms. The topological polar surface area (TPSA) is 71.2 Å². The summed E-state index contributed by atoms with van der Waals surface area (Å²) in [6.45, 7) is 3.99. The number of hydrogen-bond acceptors (Lipinski definition) is 5. The first-order chi connectivity index (χ1) is 11.9. The summed E-state index contributed by atoms with van der Waals surface area (Å²) in [5.74, 6) is 0.275. The Morgan fingerprint density at radius 1 is 1.16 bits per heavy atom. The zero-order valence-corrected chi connectivity index (χ0v) is 14.5. The summed E-state index contributed by atoms with van der Waals surface area (Å²) in [4.78, 5) is 17.6. The fourth-order valence-corrected chi connectivity index (χ4v) is 3.03. The number of oxime groups is 1. The predicted octanol–water partition coefficient (Wildman–Crippen LogP) is 3.53. The van der Waals surface area contributed by atoms with Gasteiger partial charge >= 0.3 is 0 Å². The summed E-state index contributed by atoms with van der Waals surface area (Å²) in [6, 6.07) is 14.4. The SMILES string of the molecule is COc1ccc(C(=O)/C(=N\O)C2=NC(C)(C)Cc3ccccc32)cc1. The molecule has 0 atom stereocenters. The molecule has 0 bridgehead atoms. The van der Waals surface area contributed by atoms with Crippen molar-refractivity contribution in [3.8, 4) is 5.75 Å². The van der Waals surface area contributed by atoms with Gasteiger partial charge in [-0.25, -0.2) is 0 Å². The van der Waals surface area contributed by atoms with E-state index in [9.17, 15) is 10.0 Å². The molecule has 0 aromatic heterocycles. The van der Waals surface area contributed by atoms with E-state index in [-0.39, 0.29) is 17.0 Å². The van der Waals surface area contributed by atoms with Crippen molar-refractivity contribution < 1.29 is 14.7 Å². The number of ketones is 1. The summed E-state index contributed by atoms with van der Waals surface area (Å²) in [5.41, 5.74) is 2.33. The van der Waals surface area contributed by atoms with Crippen molar-refractivity contribution in [3.05, 3.63) is 65.2 Å². The molecule has 5 nitrogen and oxygen atoms in total. The van der Waals surface area contributed by atoms with Crippen molar-refractivity contribution in [1.29, 1.82) is 0 Å². The molecule has 3 rings (SSSR count). The van der Waals surface area contributed by atoms with Gasteiger partial charge in [0, 0.05) is 11.1 Å². The molecule has 1 aliphatic rings. The Labute approximate surface area is 146 Å². The van der Waals surface area contributed by atoms with Crippen LogP contribution in [-0.4, -0.2) is 35.1 Å². The first-order valence-corrected chi connectivity index (χ1v) is 8.04. The van der Waals surface area contributed by atoms with Crippen LogP contribution in [0.2, 0.25) is 0 Å². The quantitative estimate of drug-likeness (QED) is 0.402. The maximum atomic E-state index is 12.9. The second-order valence-electron chi connectivity index (χ2n) is 6.61. The molecule has 0 aliphatic carbocycles. The number of carbonyl (C=O) groups is 1. The van der Waals surface area contributed by atoms with E-state index >= 15 is 0 Å². The van der Waals surface area contributed by atoms with E-state index in [2.05, 4.69) is 10.1 Å². The smallest absolute Gasteiger partial charge is 0.216 e. The predicted molar refractivity (Wildman–Crippen MR) is 97.3 cm³/mol. The van der Waals surface area contributed by atoms with Crippen molar-refractivity contribution in [2.24, 2.45) is 10.1 Å². The maximum absolute atomic E-state index is 12.9. The fraction of sp³-hybridized carbons (Fsp3) is 0.250. The minimum absolute atomic E-state index is 0.0506. The highest BCUT2D eigenvalue weighted by Crippen LogP contribution is 2.28. The highest BCUT2D eigenvalue weighted by atomic mass is 16.5. The van der Waals surface area contributed by atoms with Crippen LogP contribution in [0, 0.1) is 0 Å². The van der Waals surface area contributed by atoms with Gasteiger partial charge in [0.15, 0.2) is 5.71 Å². The molecule has 0 spiro atoms. The number of rotatable bonds is 4. The summed E-state index contributed by atoms with van der Waals surface area (Å²) in [5, 5.41) is 12.9. The average molecular weight is 336 g/mol. The molecule has 1 heterocycles. The van der Waals surface area contributed by atoms with Gasteiger partial charge in [0.25, 0.3) is 0 Å². The van der Waals surface area contributed by atoms with Crippen molar-refractivity contribution in [2.75, 3.05) is 7.11 Å². The first-order valence-electron chi connectivity index (χ1n) is 8.04. The first kappa shape index (κ1) is 16.9. The van der Waals surface area contributed by atoms with Gasteiger partial charge in [-0.15, -0.1) is 0 Å². The molecule has 0 radical (unpaired) electrons. The van der Waals surface area contributed by atoms with Crippen LogP contribution in [0.4, 0.5) is 0 Å². The lowest BCUT2D eigenvalue weighted by Crippen LogP contribution is -2.35. The molecule has 1 N–H and O–H groups in total. The van der Waals surface area contributed by atoms with Crippen LogP contribution in [0.5, 0.6) is 5.75 Å². The molecule has 0 saturated heterocycles. The van der Waals surface area contributed by atoms with Crippen LogP contribution in [-0.2, 0) is 6.42 Å². The maximum Gasteiger partial charge on any atom is 0.216 e. The van der Waals surface area contributed by atoms with Crippen LogP contribution in [0.25, 0.3) is 0 Å². The number of benzene rings is 2. The van der Waals surface area contributed by atoms with Crippen molar-refractivity contribution in [3.63, 3.8) is 0 Å². The molecule has 0 unspecified atom stereocenters. The molecule has 2 aromatic carbocycles. The second-order valence-corrected chi connectivity index (χ2v) is 6.61. The molecule has 5 heteroatoms. The van der Waals surface area contributed by atoms with Gasteiger partial charge in [0.1, 0.15) is 5.75 Å². The molecule has 0 amide bonds. The van der Waals surface area contributed by atoms with Gasteiger partial charge in [0.05, 0.1) is 18.4 Å². The molecule has 128 valence electrons. The van der Waals surface area contributed by atoms with E-state index in [0.717, 1.165) is 17.5 Å². The van der Waals surface area contributed by atoms with Crippen LogP contribution in [0.3, 0.4) is 0 Å². The number of fused-ring (bicyclic) bond motifs is 1. The number of hydrogen-bond donors (Lipinski definition) is 1. The number of methoxy groups -OCH3 is 1. The summed E-state index contributed by atoms with van der Waals surface area (Å²) >= 11 is 0. The number of Topliss-reactive ketones (excluding diaryl/α,β-unsaturated/α-hetero) is 1. The van der Waals surface area contributed by atoms with Crippen LogP contribution in [0.15, 0.2) is 58.7 Å². The third-order valence-corrected chi connectivity index (χ3v) is 4.20. The largest absolute Gasteiger partial charge is 0.497 e. The zero-order chi connectivity index (χ0) is 18.0. The molecule has 0 saturated carbocycles. The standard InChI is InChI=1S/C20H20N2O3/c1-20(2)12-14-6-4-5-7-16(14)17(21-20)18(22-24)19(23)13-8-10-15(25-3)11-9-13/h4-11,24H,12H2,1-3H3/b22-18-. The van der Waals surface area contributed by atoms with Gasteiger partial charge < -0.3 is 9.94 Å². The van der Waals surface area contributed by atoms with Crippen molar-refractivity contribution in [2.45, 2.75) is 25.8 Å². The average Bonchev–Trinajstić information content (AvgIpc) is 2.61. The van der Waals surface area contributed by atoms with E-state index in [0.29, 0.717) is 17.0 Å². The molecular weight excluding hydrogens is 316 g/mol. The molecular formula is C20H20N2O3. The number of nitrogens with zero attached hydrogens (tertiary/aromatic N) is 2. The summed E-state index contributed by atoms with van der Waals surface area (Å²) < 4.78 is 5.11. The van der Waals surface area contributed by atoms with Crippen LogP contribution in [0.1, 0.15) is 35.3 Å². The highest BCUT2D eigenvalue weighted by Gasteiger charge is 2.32. The normalized spacial score (nSPS) is 16.0. The minimum Gasteiger partial charge on any atom is -0.497 e. The van der Waals surface area contributed by atoms with Gasteiger partial charge in [-0.3, -0.25) is 9.79 Å². The third-order valence-electron chi connectivity index (χ3n) is 4.20. The van der Waals surface area contributed by atoms with Gasteiger partial charge in [0.2, 0.25) is 5.78 Å². The van der Waals surface area contributed by atoms with E-state index in [1.807, 2.05) is 38.1 Å². The van der Waals surface area contributed by atoms with Gasteiger partial charge in [-0.05, 0) is 50.1 Å². The second kappa shape index (κ2) is 6.51. The van der Waals surface area contributed by atoms with Crippen LogP contribution < -0.4 is 4.74 Å². The molecule has 2 aromatic rings.